The third-order valence-corrected chi connectivity index (χ3v) is 3.94. The smallest absolute Gasteiger partial charge is 0.00165 e. The average Bonchev–Trinajstić information content (AvgIpc) is 2.32. The van der Waals surface area contributed by atoms with E-state index in [-0.39, 0.29) is 0 Å². The first kappa shape index (κ1) is 9.47. The van der Waals surface area contributed by atoms with Crippen LogP contribution in [0.15, 0.2) is 0 Å². The molecule has 0 saturated carbocycles. The van der Waals surface area contributed by atoms with Crippen molar-refractivity contribution in [1.82, 2.24) is 10.2 Å². The van der Waals surface area contributed by atoms with Crippen molar-refractivity contribution in [3.05, 3.63) is 0 Å². The fraction of sp³-hybridized carbons (Fsp3) is 1.00. The van der Waals surface area contributed by atoms with Gasteiger partial charge in [-0.25, -0.2) is 0 Å². The molecule has 0 aromatic carbocycles. The Morgan fingerprint density at radius 1 is 1.00 bits per heavy atom. The lowest BCUT2D eigenvalue weighted by atomic mass is 9.73. The van der Waals surface area contributed by atoms with Crippen LogP contribution in [0.4, 0.5) is 0 Å². The van der Waals surface area contributed by atoms with Crippen LogP contribution in [-0.2, 0) is 0 Å². The molecule has 0 atom stereocenters. The van der Waals surface area contributed by atoms with Gasteiger partial charge in [-0.05, 0) is 70.7 Å². The first-order valence-corrected chi connectivity index (χ1v) is 5.70. The van der Waals surface area contributed by atoms with E-state index in [1.807, 2.05) is 0 Å². The van der Waals surface area contributed by atoms with Crippen LogP contribution in [0, 0.1) is 5.41 Å². The first-order valence-electron chi connectivity index (χ1n) is 5.70. The van der Waals surface area contributed by atoms with E-state index in [2.05, 4.69) is 17.3 Å². The number of rotatable bonds is 0. The fourth-order valence-corrected chi connectivity index (χ4v) is 2.85. The van der Waals surface area contributed by atoms with Crippen LogP contribution >= 0.6 is 0 Å². The summed E-state index contributed by atoms with van der Waals surface area (Å²) in [6.45, 7) is 5.14. The minimum Gasteiger partial charge on any atom is -0.317 e. The largest absolute Gasteiger partial charge is 0.317 e. The van der Waals surface area contributed by atoms with Crippen LogP contribution in [0.25, 0.3) is 0 Å². The molecule has 0 aliphatic carbocycles. The van der Waals surface area contributed by atoms with Crippen LogP contribution in [0.2, 0.25) is 0 Å². The molecule has 0 bridgehead atoms. The Hall–Kier alpha value is -0.0800. The highest BCUT2D eigenvalue weighted by atomic mass is 15.1. The Morgan fingerprint density at radius 3 is 2.54 bits per heavy atom. The molecule has 2 aliphatic rings. The molecule has 2 aliphatic heterocycles. The summed E-state index contributed by atoms with van der Waals surface area (Å²) in [5.74, 6) is 0. The van der Waals surface area contributed by atoms with Gasteiger partial charge < -0.3 is 10.2 Å². The van der Waals surface area contributed by atoms with Gasteiger partial charge in [0.05, 0.1) is 0 Å². The summed E-state index contributed by atoms with van der Waals surface area (Å²) < 4.78 is 0. The molecule has 13 heavy (non-hydrogen) atoms. The van der Waals surface area contributed by atoms with Gasteiger partial charge in [0, 0.05) is 0 Å². The number of nitrogens with zero attached hydrogens (tertiary/aromatic N) is 1. The van der Waals surface area contributed by atoms with E-state index in [9.17, 15) is 0 Å². The van der Waals surface area contributed by atoms with E-state index in [1.165, 1.54) is 58.3 Å². The lowest BCUT2D eigenvalue weighted by Gasteiger charge is -2.36. The number of hydrogen-bond acceptors (Lipinski definition) is 2. The summed E-state index contributed by atoms with van der Waals surface area (Å²) in [6.07, 6.45) is 7.16. The second-order valence-electron chi connectivity index (χ2n) is 4.91. The molecule has 0 amide bonds. The highest BCUT2D eigenvalue weighted by Gasteiger charge is 2.32. The van der Waals surface area contributed by atoms with Crippen molar-refractivity contribution in [2.24, 2.45) is 5.41 Å². The van der Waals surface area contributed by atoms with Crippen LogP contribution in [-0.4, -0.2) is 38.1 Å². The summed E-state index contributed by atoms with van der Waals surface area (Å²) in [7, 11) is 2.26. The van der Waals surface area contributed by atoms with Crippen LogP contribution in [0.1, 0.15) is 32.1 Å². The molecule has 2 heterocycles. The zero-order valence-electron chi connectivity index (χ0n) is 8.81. The number of nitrogens with one attached hydrogen (secondary N) is 1. The molecular formula is C11H22N2. The molecule has 76 valence electrons. The fourth-order valence-electron chi connectivity index (χ4n) is 2.85. The maximum atomic E-state index is 3.47. The minimum atomic E-state index is 0.718. The van der Waals surface area contributed by atoms with E-state index in [0.717, 1.165) is 5.41 Å². The summed E-state index contributed by atoms with van der Waals surface area (Å²) in [5, 5.41) is 3.47. The molecule has 2 saturated heterocycles. The van der Waals surface area contributed by atoms with Gasteiger partial charge in [0.2, 0.25) is 0 Å². The highest BCUT2D eigenvalue weighted by molar-refractivity contribution is 4.87. The van der Waals surface area contributed by atoms with Gasteiger partial charge in [0.25, 0.3) is 0 Å². The molecule has 2 nitrogen and oxygen atoms in total. The topological polar surface area (TPSA) is 15.3 Å². The van der Waals surface area contributed by atoms with Gasteiger partial charge >= 0.3 is 0 Å². The van der Waals surface area contributed by atoms with Crippen molar-refractivity contribution in [2.45, 2.75) is 32.1 Å². The Labute approximate surface area is 81.7 Å². The second kappa shape index (κ2) is 3.97. The average molecular weight is 182 g/mol. The maximum Gasteiger partial charge on any atom is -0.00165 e. The zero-order chi connectivity index (χ0) is 9.15. The van der Waals surface area contributed by atoms with Crippen LogP contribution in [0.3, 0.4) is 0 Å². The lowest BCUT2D eigenvalue weighted by Crippen LogP contribution is -2.37. The van der Waals surface area contributed by atoms with Gasteiger partial charge in [0.1, 0.15) is 0 Å². The Balaban J connectivity index is 1.95. The molecule has 0 aromatic rings. The van der Waals surface area contributed by atoms with Gasteiger partial charge in [-0.15, -0.1) is 0 Å². The van der Waals surface area contributed by atoms with Crippen molar-refractivity contribution in [1.29, 1.82) is 0 Å². The van der Waals surface area contributed by atoms with E-state index < -0.39 is 0 Å². The van der Waals surface area contributed by atoms with Gasteiger partial charge in [0.15, 0.2) is 0 Å². The van der Waals surface area contributed by atoms with Gasteiger partial charge in [-0.2, -0.15) is 0 Å². The maximum absolute atomic E-state index is 3.47. The summed E-state index contributed by atoms with van der Waals surface area (Å²) in [4.78, 5) is 2.50. The monoisotopic (exact) mass is 182 g/mol. The van der Waals surface area contributed by atoms with E-state index in [4.69, 9.17) is 0 Å². The predicted octanol–water partition coefficient (Wildman–Crippen LogP) is 1.47. The molecule has 2 rings (SSSR count). The number of likely N-dealkylation sites (tertiary alicyclic amines) is 1. The molecule has 2 heteroatoms. The van der Waals surface area contributed by atoms with E-state index in [0.29, 0.717) is 0 Å². The quantitative estimate of drug-likeness (QED) is 0.610. The van der Waals surface area contributed by atoms with Crippen molar-refractivity contribution in [3.8, 4) is 0 Å². The molecule has 1 spiro atoms. The zero-order valence-corrected chi connectivity index (χ0v) is 8.81. The van der Waals surface area contributed by atoms with E-state index >= 15 is 0 Å². The number of hydrogen-bond donors (Lipinski definition) is 1. The standard InChI is InChI=1S/C11H22N2/c1-13-9-2-3-11(6-10-13)4-7-12-8-5-11/h12H,2-10H2,1H3. The Bertz CT molecular complexity index is 161. The first-order chi connectivity index (χ1) is 6.31. The summed E-state index contributed by atoms with van der Waals surface area (Å²) in [5.41, 5.74) is 0.718. The number of piperidine rings is 1. The van der Waals surface area contributed by atoms with Crippen molar-refractivity contribution in [2.75, 3.05) is 33.2 Å². The Kier molecular flexibility index (Phi) is 2.89. The summed E-state index contributed by atoms with van der Waals surface area (Å²) in [6, 6.07) is 0. The second-order valence-corrected chi connectivity index (χ2v) is 4.91. The SMILES string of the molecule is CN1CCCC2(CCNCC2)CC1. The third-order valence-electron chi connectivity index (χ3n) is 3.94. The van der Waals surface area contributed by atoms with Crippen molar-refractivity contribution in [3.63, 3.8) is 0 Å². The van der Waals surface area contributed by atoms with Crippen LogP contribution in [0.5, 0.6) is 0 Å². The normalized spacial score (nSPS) is 30.2. The third kappa shape index (κ3) is 2.23. The van der Waals surface area contributed by atoms with E-state index in [1.54, 1.807) is 0 Å². The summed E-state index contributed by atoms with van der Waals surface area (Å²) >= 11 is 0. The predicted molar refractivity (Wildman–Crippen MR) is 55.9 cm³/mol. The van der Waals surface area contributed by atoms with Gasteiger partial charge in [-0.1, -0.05) is 0 Å². The molecule has 1 N–H and O–H groups in total. The van der Waals surface area contributed by atoms with Crippen molar-refractivity contribution >= 4 is 0 Å². The highest BCUT2D eigenvalue weighted by Crippen LogP contribution is 2.39. The molecular weight excluding hydrogens is 160 g/mol. The molecule has 0 radical (unpaired) electrons. The van der Waals surface area contributed by atoms with Crippen LogP contribution < -0.4 is 5.32 Å². The molecule has 0 aromatic heterocycles. The Morgan fingerprint density at radius 2 is 1.77 bits per heavy atom. The minimum absolute atomic E-state index is 0.718. The lowest BCUT2D eigenvalue weighted by molar-refractivity contribution is 0.171. The van der Waals surface area contributed by atoms with Gasteiger partial charge in [-0.3, -0.25) is 0 Å². The molecule has 2 fully saturated rings. The molecule has 0 unspecified atom stereocenters. The van der Waals surface area contributed by atoms with Crippen molar-refractivity contribution < 1.29 is 0 Å².